The van der Waals surface area contributed by atoms with Gasteiger partial charge in [0.15, 0.2) is 0 Å². The molecule has 2 aromatic rings. The summed E-state index contributed by atoms with van der Waals surface area (Å²) in [6, 6.07) is 12.5. The van der Waals surface area contributed by atoms with Gasteiger partial charge < -0.3 is 5.11 Å². The summed E-state index contributed by atoms with van der Waals surface area (Å²) in [5, 5.41) is 18.7. The first-order valence-electron chi connectivity index (χ1n) is 7.43. The van der Waals surface area contributed by atoms with Crippen LogP contribution in [0.5, 0.6) is 0 Å². The molecule has 3 rings (SSSR count). The lowest BCUT2D eigenvalue weighted by atomic mass is 10.0. The third kappa shape index (κ3) is 3.39. The van der Waals surface area contributed by atoms with Crippen LogP contribution in [0.2, 0.25) is 0 Å². The van der Waals surface area contributed by atoms with Crippen LogP contribution in [0.1, 0.15) is 29.2 Å². The van der Waals surface area contributed by atoms with E-state index in [1.54, 1.807) is 18.2 Å². The van der Waals surface area contributed by atoms with Crippen LogP contribution in [0.25, 0.3) is 0 Å². The van der Waals surface area contributed by atoms with Crippen molar-refractivity contribution >= 4 is 0 Å². The lowest BCUT2D eigenvalue weighted by Crippen LogP contribution is -2.24. The Hall–Kier alpha value is -2.29. The van der Waals surface area contributed by atoms with E-state index in [1.807, 2.05) is 11.0 Å². The highest BCUT2D eigenvalue weighted by Gasteiger charge is 2.32. The molecule has 0 saturated carbocycles. The standard InChI is InChI=1S/C18H16F2N2O/c19-15-3-1-2-13(7-15)18-8-16(23)11-22(18)10-12-4-5-14(9-21)17(20)6-12/h1-7,16,18,23H,8,10-11H2/t16-,18+/m1/s1. The Labute approximate surface area is 133 Å². The molecule has 0 unspecified atom stereocenters. The summed E-state index contributed by atoms with van der Waals surface area (Å²) in [7, 11) is 0. The van der Waals surface area contributed by atoms with Crippen LogP contribution in [0.4, 0.5) is 8.78 Å². The van der Waals surface area contributed by atoms with Gasteiger partial charge in [-0.1, -0.05) is 18.2 Å². The van der Waals surface area contributed by atoms with Gasteiger partial charge in [-0.15, -0.1) is 0 Å². The minimum atomic E-state index is -0.549. The van der Waals surface area contributed by atoms with Gasteiger partial charge in [-0.2, -0.15) is 5.26 Å². The van der Waals surface area contributed by atoms with E-state index in [0.717, 1.165) is 11.1 Å². The number of nitriles is 1. The monoisotopic (exact) mass is 314 g/mol. The number of likely N-dealkylation sites (tertiary alicyclic amines) is 1. The Bertz CT molecular complexity index is 757. The number of aliphatic hydroxyl groups excluding tert-OH is 1. The first kappa shape index (κ1) is 15.6. The average molecular weight is 314 g/mol. The Morgan fingerprint density at radius 2 is 2.04 bits per heavy atom. The van der Waals surface area contributed by atoms with Gasteiger partial charge in [0.1, 0.15) is 17.7 Å². The molecule has 118 valence electrons. The molecule has 0 radical (unpaired) electrons. The second-order valence-corrected chi connectivity index (χ2v) is 5.82. The smallest absolute Gasteiger partial charge is 0.141 e. The van der Waals surface area contributed by atoms with Crippen molar-refractivity contribution in [3.63, 3.8) is 0 Å². The fourth-order valence-corrected chi connectivity index (χ4v) is 3.10. The maximum Gasteiger partial charge on any atom is 0.141 e. The van der Waals surface area contributed by atoms with E-state index in [-0.39, 0.29) is 17.4 Å². The zero-order valence-corrected chi connectivity index (χ0v) is 12.4. The third-order valence-electron chi connectivity index (χ3n) is 4.15. The molecule has 0 aliphatic carbocycles. The Balaban J connectivity index is 1.83. The highest BCUT2D eigenvalue weighted by Crippen LogP contribution is 2.33. The predicted octanol–water partition coefficient (Wildman–Crippen LogP) is 3.14. The molecule has 1 heterocycles. The van der Waals surface area contributed by atoms with Gasteiger partial charge in [-0.05, 0) is 41.8 Å². The van der Waals surface area contributed by atoms with Gasteiger partial charge in [-0.25, -0.2) is 8.78 Å². The van der Waals surface area contributed by atoms with Crippen molar-refractivity contribution in [2.75, 3.05) is 6.54 Å². The van der Waals surface area contributed by atoms with Crippen LogP contribution in [0.3, 0.4) is 0 Å². The van der Waals surface area contributed by atoms with Gasteiger partial charge >= 0.3 is 0 Å². The third-order valence-corrected chi connectivity index (χ3v) is 4.15. The average Bonchev–Trinajstić information content (AvgIpc) is 2.88. The second kappa shape index (κ2) is 6.45. The van der Waals surface area contributed by atoms with Crippen LogP contribution >= 0.6 is 0 Å². The summed E-state index contributed by atoms with van der Waals surface area (Å²) in [4.78, 5) is 2.00. The summed E-state index contributed by atoms with van der Waals surface area (Å²) in [5.41, 5.74) is 1.53. The van der Waals surface area contributed by atoms with Crippen molar-refractivity contribution in [1.29, 1.82) is 5.26 Å². The molecule has 1 N–H and O–H groups in total. The molecule has 0 amide bonds. The number of hydrogen-bond donors (Lipinski definition) is 1. The first-order chi connectivity index (χ1) is 11.1. The minimum Gasteiger partial charge on any atom is -0.392 e. The molecule has 2 aromatic carbocycles. The van der Waals surface area contributed by atoms with Crippen molar-refractivity contribution in [2.24, 2.45) is 0 Å². The zero-order chi connectivity index (χ0) is 16.4. The zero-order valence-electron chi connectivity index (χ0n) is 12.4. The maximum atomic E-state index is 13.7. The number of benzene rings is 2. The van der Waals surface area contributed by atoms with Gasteiger partial charge in [0.2, 0.25) is 0 Å². The molecular weight excluding hydrogens is 298 g/mol. The lowest BCUT2D eigenvalue weighted by Gasteiger charge is -2.24. The number of hydrogen-bond acceptors (Lipinski definition) is 3. The van der Waals surface area contributed by atoms with Gasteiger partial charge in [0.25, 0.3) is 0 Å². The van der Waals surface area contributed by atoms with Gasteiger partial charge in [0, 0.05) is 19.1 Å². The number of aliphatic hydroxyl groups is 1. The normalized spacial score (nSPS) is 21.3. The van der Waals surface area contributed by atoms with Gasteiger partial charge in [0.05, 0.1) is 11.7 Å². The fraction of sp³-hybridized carbons (Fsp3) is 0.278. The molecule has 0 spiro atoms. The van der Waals surface area contributed by atoms with Crippen molar-refractivity contribution in [3.8, 4) is 6.07 Å². The Morgan fingerprint density at radius 3 is 2.74 bits per heavy atom. The number of β-amino-alcohol motifs (C(OH)–C–C–N with tert-alkyl or cyclic N) is 1. The van der Waals surface area contributed by atoms with Crippen LogP contribution in [-0.4, -0.2) is 22.7 Å². The van der Waals surface area contributed by atoms with Crippen LogP contribution in [-0.2, 0) is 6.54 Å². The summed E-state index contributed by atoms with van der Waals surface area (Å²) in [6.45, 7) is 0.879. The molecule has 1 aliphatic heterocycles. The first-order valence-corrected chi connectivity index (χ1v) is 7.43. The topological polar surface area (TPSA) is 47.3 Å². The predicted molar refractivity (Wildman–Crippen MR) is 81.3 cm³/mol. The van der Waals surface area contributed by atoms with Crippen molar-refractivity contribution in [2.45, 2.75) is 25.1 Å². The van der Waals surface area contributed by atoms with E-state index < -0.39 is 11.9 Å². The van der Waals surface area contributed by atoms with E-state index in [9.17, 15) is 13.9 Å². The number of nitrogens with zero attached hydrogens (tertiary/aromatic N) is 2. The number of halogens is 2. The van der Waals surface area contributed by atoms with Crippen molar-refractivity contribution < 1.29 is 13.9 Å². The van der Waals surface area contributed by atoms with Gasteiger partial charge in [-0.3, -0.25) is 4.90 Å². The SMILES string of the molecule is N#Cc1ccc(CN2C[C@H](O)C[C@H]2c2cccc(F)c2)cc1F. The highest BCUT2D eigenvalue weighted by molar-refractivity contribution is 5.33. The molecule has 2 atom stereocenters. The van der Waals surface area contributed by atoms with E-state index in [1.165, 1.54) is 24.3 Å². The lowest BCUT2D eigenvalue weighted by molar-refractivity contribution is 0.172. The van der Waals surface area contributed by atoms with Crippen LogP contribution < -0.4 is 0 Å². The Kier molecular flexibility index (Phi) is 4.37. The summed E-state index contributed by atoms with van der Waals surface area (Å²) < 4.78 is 27.2. The van der Waals surface area contributed by atoms with E-state index in [2.05, 4.69) is 0 Å². The summed E-state index contributed by atoms with van der Waals surface area (Å²) >= 11 is 0. The summed E-state index contributed by atoms with van der Waals surface area (Å²) in [5.74, 6) is -0.861. The molecule has 0 bridgehead atoms. The summed E-state index contributed by atoms with van der Waals surface area (Å²) in [6.07, 6.45) is 0.0221. The van der Waals surface area contributed by atoms with E-state index in [0.29, 0.717) is 19.5 Å². The van der Waals surface area contributed by atoms with E-state index >= 15 is 0 Å². The van der Waals surface area contributed by atoms with Crippen LogP contribution in [0.15, 0.2) is 42.5 Å². The highest BCUT2D eigenvalue weighted by atomic mass is 19.1. The molecular formula is C18H16F2N2O. The number of rotatable bonds is 3. The second-order valence-electron chi connectivity index (χ2n) is 5.82. The van der Waals surface area contributed by atoms with Crippen molar-refractivity contribution in [1.82, 2.24) is 4.90 Å². The van der Waals surface area contributed by atoms with Crippen LogP contribution in [0, 0.1) is 23.0 Å². The molecule has 1 fully saturated rings. The molecule has 0 aromatic heterocycles. The van der Waals surface area contributed by atoms with Crippen molar-refractivity contribution in [3.05, 3.63) is 70.8 Å². The molecule has 5 heteroatoms. The fourth-order valence-electron chi connectivity index (χ4n) is 3.10. The maximum absolute atomic E-state index is 13.7. The molecule has 1 aliphatic rings. The minimum absolute atomic E-state index is 0.0110. The molecule has 3 nitrogen and oxygen atoms in total. The quantitative estimate of drug-likeness (QED) is 0.947. The van der Waals surface area contributed by atoms with E-state index in [4.69, 9.17) is 5.26 Å². The Morgan fingerprint density at radius 1 is 1.22 bits per heavy atom. The molecule has 23 heavy (non-hydrogen) atoms. The largest absolute Gasteiger partial charge is 0.392 e. The molecule has 1 saturated heterocycles.